The number of amides is 4. The molecule has 8 unspecified atom stereocenters. The van der Waals surface area contributed by atoms with Gasteiger partial charge in [-0.25, -0.2) is 0 Å². The molecule has 0 aromatic carbocycles. The topological polar surface area (TPSA) is 252 Å². The fraction of sp³-hybridized carbons (Fsp3) is 0.915. The van der Waals surface area contributed by atoms with Crippen LogP contribution in [0, 0.1) is 0 Å². The standard InChI is InChI=1S/C10H22N2OS2.C10H24N2O.C9H20N2OS2.C8H19N3OS2.C8H16N2OS2.2CH4/c1-5-12-10(13)9(15-4)6-8(14-3)7-11-2;1-9(2)11-5-7-13-8-6-12-10(3)4;1-4-11-9(12)8(14-3)5-7(6-10)13-2;1-13-6(4-9)3-7(14-2)8(12)11-5-10;1-3-10-8(11)7-4-6(5-9-2)12-13-7;;/h8-9,11H,5-7H2,1-4H3,(H,12,13);9-12H,5-8H2,1-4H3;7-8H,4-6,10H2,1-3H3,(H,11,12);6-7H,3-5,9-10H2,1-2H3,(H,11,12);6-7,9H,3-5H2,1-2H3,(H,10,11);2*1H4. The van der Waals surface area contributed by atoms with Crippen LogP contribution in [0.25, 0.3) is 0 Å². The number of rotatable bonds is 34. The van der Waals surface area contributed by atoms with Crippen molar-refractivity contribution >= 4 is 116 Å². The number of hydrogen-bond donors (Lipinski definition) is 11. The van der Waals surface area contributed by atoms with Crippen LogP contribution in [-0.4, -0.2) is 208 Å². The minimum atomic E-state index is -0.0421. The molecule has 0 bridgehead atoms. The van der Waals surface area contributed by atoms with E-state index in [-0.39, 0.29) is 66.2 Å². The van der Waals surface area contributed by atoms with E-state index in [0.717, 1.165) is 71.6 Å². The van der Waals surface area contributed by atoms with E-state index >= 15 is 0 Å². The van der Waals surface area contributed by atoms with Crippen molar-refractivity contribution in [1.82, 2.24) is 42.5 Å². The Morgan fingerprint density at radius 2 is 0.972 bits per heavy atom. The number of ether oxygens (including phenoxy) is 1. The van der Waals surface area contributed by atoms with Crippen molar-refractivity contribution in [3.8, 4) is 0 Å². The molecular formula is C47H109N11O5S8. The van der Waals surface area contributed by atoms with Crippen LogP contribution in [0.2, 0.25) is 0 Å². The average Bonchev–Trinajstić information content (AvgIpc) is 3.81. The van der Waals surface area contributed by atoms with Crippen molar-refractivity contribution in [2.75, 3.05) is 130 Å². The number of carbonyl (C=O) groups excluding carboxylic acids is 4. The van der Waals surface area contributed by atoms with Gasteiger partial charge in [0.2, 0.25) is 23.6 Å². The van der Waals surface area contributed by atoms with Crippen molar-refractivity contribution in [2.24, 2.45) is 17.2 Å². The first-order chi connectivity index (χ1) is 33.0. The summed E-state index contributed by atoms with van der Waals surface area (Å²) in [4.78, 5) is 46.1. The predicted octanol–water partition coefficient (Wildman–Crippen LogP) is 5.10. The van der Waals surface area contributed by atoms with Crippen LogP contribution in [-0.2, 0) is 23.9 Å². The van der Waals surface area contributed by atoms with E-state index in [4.69, 9.17) is 21.9 Å². The molecule has 8 atom stereocenters. The average molecular weight is 1160 g/mol. The second-order valence-electron chi connectivity index (χ2n) is 15.8. The second-order valence-corrected chi connectivity index (χ2v) is 25.1. The summed E-state index contributed by atoms with van der Waals surface area (Å²) in [5, 5.41) is 26.1. The fourth-order valence-corrected chi connectivity index (χ4v) is 13.3. The molecule has 430 valence electrons. The molecule has 0 aromatic rings. The molecule has 1 aliphatic heterocycles. The van der Waals surface area contributed by atoms with Gasteiger partial charge in [-0.1, -0.05) is 64.1 Å². The maximum absolute atomic E-state index is 11.7. The summed E-state index contributed by atoms with van der Waals surface area (Å²) in [5.41, 5.74) is 16.4. The summed E-state index contributed by atoms with van der Waals surface area (Å²) in [6, 6.07) is 1.11. The second kappa shape index (κ2) is 59.6. The summed E-state index contributed by atoms with van der Waals surface area (Å²) >= 11 is 10.0. The maximum Gasteiger partial charge on any atom is 0.234 e. The molecule has 16 nitrogen and oxygen atoms in total. The number of carbonyl (C=O) groups is 4. The van der Waals surface area contributed by atoms with E-state index in [9.17, 15) is 19.2 Å². The normalized spacial score (nSPS) is 16.1. The van der Waals surface area contributed by atoms with E-state index in [2.05, 4.69) is 76.5 Å². The van der Waals surface area contributed by atoms with Crippen molar-refractivity contribution in [3.05, 3.63) is 0 Å². The van der Waals surface area contributed by atoms with Gasteiger partial charge in [-0.05, 0) is 98.1 Å². The van der Waals surface area contributed by atoms with Gasteiger partial charge in [-0.3, -0.25) is 19.2 Å². The molecule has 1 rings (SSSR count). The van der Waals surface area contributed by atoms with Crippen LogP contribution in [0.1, 0.15) is 89.0 Å². The lowest BCUT2D eigenvalue weighted by atomic mass is 10.2. The van der Waals surface area contributed by atoms with E-state index in [1.54, 1.807) is 69.6 Å². The van der Waals surface area contributed by atoms with Crippen LogP contribution in [0.3, 0.4) is 0 Å². The van der Waals surface area contributed by atoms with E-state index in [1.165, 1.54) is 0 Å². The van der Waals surface area contributed by atoms with Crippen LogP contribution in [0.5, 0.6) is 0 Å². The summed E-state index contributed by atoms with van der Waals surface area (Å²) in [6.07, 6.45) is 15.6. The van der Waals surface area contributed by atoms with Gasteiger partial charge in [0.25, 0.3) is 0 Å². The van der Waals surface area contributed by atoms with Crippen LogP contribution in [0.4, 0.5) is 0 Å². The number of nitrogens with two attached hydrogens (primary N) is 3. The minimum absolute atomic E-state index is 0. The monoisotopic (exact) mass is 1160 g/mol. The Labute approximate surface area is 469 Å². The number of thioether (sulfide) groups is 6. The molecule has 24 heteroatoms. The first-order valence-electron chi connectivity index (χ1n) is 24.0. The van der Waals surface area contributed by atoms with E-state index in [0.29, 0.717) is 59.3 Å². The van der Waals surface area contributed by atoms with E-state index < -0.39 is 0 Å². The Kier molecular flexibility index (Phi) is 69.4. The fourth-order valence-electron chi connectivity index (χ4n) is 5.69. The molecule has 0 radical (unpaired) electrons. The zero-order chi connectivity index (χ0) is 53.4. The lowest BCUT2D eigenvalue weighted by Crippen LogP contribution is -2.38. The molecule has 14 N–H and O–H groups in total. The highest BCUT2D eigenvalue weighted by molar-refractivity contribution is 8.77. The smallest absolute Gasteiger partial charge is 0.234 e. The van der Waals surface area contributed by atoms with Gasteiger partial charge < -0.3 is 64.5 Å². The highest BCUT2D eigenvalue weighted by Gasteiger charge is 2.31. The third kappa shape index (κ3) is 49.7. The molecule has 1 heterocycles. The number of nitrogens with one attached hydrogen (secondary N) is 8. The van der Waals surface area contributed by atoms with Gasteiger partial charge in [0.05, 0.1) is 40.9 Å². The maximum atomic E-state index is 11.7. The number of hydrogen-bond acceptors (Lipinski definition) is 20. The molecular weight excluding hydrogens is 1060 g/mol. The summed E-state index contributed by atoms with van der Waals surface area (Å²) in [5.74, 6) is 0.499. The molecule has 0 aliphatic carbocycles. The summed E-state index contributed by atoms with van der Waals surface area (Å²) < 4.78 is 5.41. The molecule has 71 heavy (non-hydrogen) atoms. The van der Waals surface area contributed by atoms with Gasteiger partial charge in [0, 0.05) is 92.0 Å². The van der Waals surface area contributed by atoms with Gasteiger partial charge >= 0.3 is 0 Å². The lowest BCUT2D eigenvalue weighted by molar-refractivity contribution is -0.121. The molecule has 1 aliphatic rings. The molecule has 0 aromatic heterocycles. The minimum Gasteiger partial charge on any atom is -0.379 e. The Bertz CT molecular complexity index is 1150. The largest absolute Gasteiger partial charge is 0.379 e. The van der Waals surface area contributed by atoms with Crippen molar-refractivity contribution in [3.63, 3.8) is 0 Å². The van der Waals surface area contributed by atoms with Crippen LogP contribution >= 0.6 is 92.2 Å². The Hall–Kier alpha value is 0.360. The third-order valence-electron chi connectivity index (χ3n) is 9.56. The van der Waals surface area contributed by atoms with Crippen molar-refractivity contribution in [2.45, 2.75) is 143 Å². The Morgan fingerprint density at radius 3 is 1.28 bits per heavy atom. The molecule has 4 amide bonds. The van der Waals surface area contributed by atoms with Gasteiger partial charge in [0.15, 0.2) is 0 Å². The molecule has 0 saturated carbocycles. The van der Waals surface area contributed by atoms with E-state index in [1.807, 2.05) is 88.7 Å². The highest BCUT2D eigenvalue weighted by Crippen LogP contribution is 2.43. The van der Waals surface area contributed by atoms with Crippen LogP contribution < -0.4 is 59.7 Å². The first kappa shape index (κ1) is 82.7. The van der Waals surface area contributed by atoms with Gasteiger partial charge in [-0.2, -0.15) is 70.6 Å². The van der Waals surface area contributed by atoms with Gasteiger partial charge in [0.1, 0.15) is 0 Å². The zero-order valence-corrected chi connectivity index (χ0v) is 51.7. The predicted molar refractivity (Wildman–Crippen MR) is 335 cm³/mol. The molecule has 1 saturated heterocycles. The summed E-state index contributed by atoms with van der Waals surface area (Å²) in [7, 11) is 7.42. The Morgan fingerprint density at radius 1 is 0.577 bits per heavy atom. The molecule has 1 fully saturated rings. The quantitative estimate of drug-likeness (QED) is 0.0228. The molecule has 0 spiro atoms. The zero-order valence-electron chi connectivity index (χ0n) is 45.1. The third-order valence-corrected chi connectivity index (χ3v) is 18.8. The SMILES string of the molecule is C.C.CC(C)NCCOCCNC(C)C.CCNC(=O)C(CC(CN)SC)SC.CCNC(=O)C(CC(CNC)SC)SC.CCNC(=O)C1CC(CNC)SS1.CSC(CN)CC(SC)C(=O)NCN. The van der Waals surface area contributed by atoms with Crippen LogP contribution in [0.15, 0.2) is 0 Å². The first-order valence-corrected chi connectivity index (χ1v) is 34.0. The highest BCUT2D eigenvalue weighted by atomic mass is 33.1. The van der Waals surface area contributed by atoms with Gasteiger partial charge in [-0.15, -0.1) is 0 Å². The lowest BCUT2D eigenvalue weighted by Gasteiger charge is -2.19. The summed E-state index contributed by atoms with van der Waals surface area (Å²) in [6.45, 7) is 23.4. The van der Waals surface area contributed by atoms with Crippen molar-refractivity contribution in [1.29, 1.82) is 0 Å². The van der Waals surface area contributed by atoms with Crippen molar-refractivity contribution < 1.29 is 23.9 Å². The Balaban J connectivity index is -0.000000185.